The molecule has 1 atom stereocenters. The number of rotatable bonds is 5. The van der Waals surface area contributed by atoms with E-state index < -0.39 is 0 Å². The molecule has 19 heavy (non-hydrogen) atoms. The van der Waals surface area contributed by atoms with Crippen LogP contribution in [-0.4, -0.2) is 24.9 Å². The normalized spacial score (nSPS) is 12.1. The molecule has 1 N–H and O–H groups in total. The highest BCUT2D eigenvalue weighted by Crippen LogP contribution is 2.21. The zero-order valence-electron chi connectivity index (χ0n) is 11.2. The van der Waals surface area contributed by atoms with E-state index in [0.29, 0.717) is 6.54 Å². The summed E-state index contributed by atoms with van der Waals surface area (Å²) in [6.45, 7) is 0.684. The van der Waals surface area contributed by atoms with E-state index in [1.54, 1.807) is 30.3 Å². The van der Waals surface area contributed by atoms with Crippen molar-refractivity contribution in [3.05, 3.63) is 58.3 Å². The van der Waals surface area contributed by atoms with Gasteiger partial charge in [-0.05, 0) is 17.0 Å². The van der Waals surface area contributed by atoms with Crippen molar-refractivity contribution in [1.82, 2.24) is 10.2 Å². The van der Waals surface area contributed by atoms with Crippen LogP contribution in [0.25, 0.3) is 0 Å². The fraction of sp³-hybridized carbons (Fsp3) is 0.267. The summed E-state index contributed by atoms with van der Waals surface area (Å²) in [5, 5.41) is 5.33. The molecule has 0 bridgehead atoms. The number of thiophene rings is 1. The molecule has 0 fully saturated rings. The molecule has 1 aromatic carbocycles. The molecule has 1 amide bonds. The number of hydrogen-bond acceptors (Lipinski definition) is 3. The second-order valence-electron chi connectivity index (χ2n) is 4.55. The monoisotopic (exact) mass is 274 g/mol. The predicted molar refractivity (Wildman–Crippen MR) is 79.0 cm³/mol. The van der Waals surface area contributed by atoms with Gasteiger partial charge >= 0.3 is 0 Å². The van der Waals surface area contributed by atoms with Crippen molar-refractivity contribution in [3.63, 3.8) is 0 Å². The maximum Gasteiger partial charge on any atom is 0.244 e. The van der Waals surface area contributed by atoms with Crippen molar-refractivity contribution in [1.29, 1.82) is 0 Å². The lowest BCUT2D eigenvalue weighted by atomic mass is 10.1. The van der Waals surface area contributed by atoms with Gasteiger partial charge in [0.05, 0.1) is 0 Å². The first-order valence-electron chi connectivity index (χ1n) is 6.20. The number of likely N-dealkylation sites (N-methyl/N-ethyl adjacent to an activating group) is 1. The third-order valence-electron chi connectivity index (χ3n) is 2.87. The number of nitrogens with one attached hydrogen (secondary N) is 1. The van der Waals surface area contributed by atoms with Crippen LogP contribution in [0.4, 0.5) is 0 Å². The number of hydrogen-bond donors (Lipinski definition) is 1. The fourth-order valence-electron chi connectivity index (χ4n) is 1.84. The smallest absolute Gasteiger partial charge is 0.244 e. The summed E-state index contributed by atoms with van der Waals surface area (Å²) in [6.07, 6.45) is 0. The van der Waals surface area contributed by atoms with E-state index in [2.05, 4.69) is 17.4 Å². The van der Waals surface area contributed by atoms with Crippen LogP contribution in [0.15, 0.2) is 47.8 Å². The van der Waals surface area contributed by atoms with Crippen molar-refractivity contribution in [3.8, 4) is 0 Å². The Bertz CT molecular complexity index is 508. The Kier molecular flexibility index (Phi) is 4.71. The first-order chi connectivity index (χ1) is 9.18. The van der Waals surface area contributed by atoms with Crippen LogP contribution in [0, 0.1) is 0 Å². The maximum absolute atomic E-state index is 12.2. The maximum atomic E-state index is 12.2. The first kappa shape index (κ1) is 13.8. The Morgan fingerprint density at radius 2 is 1.95 bits per heavy atom. The molecular weight excluding hydrogens is 256 g/mol. The topological polar surface area (TPSA) is 32.3 Å². The lowest BCUT2D eigenvalue weighted by Gasteiger charge is -2.21. The largest absolute Gasteiger partial charge is 0.347 e. The second-order valence-corrected chi connectivity index (χ2v) is 5.53. The Morgan fingerprint density at radius 1 is 1.21 bits per heavy atom. The molecule has 1 heterocycles. The van der Waals surface area contributed by atoms with Crippen molar-refractivity contribution in [2.24, 2.45) is 0 Å². The van der Waals surface area contributed by atoms with E-state index in [4.69, 9.17) is 0 Å². The summed E-state index contributed by atoms with van der Waals surface area (Å²) in [5.74, 6) is 0.0818. The molecule has 0 radical (unpaired) electrons. The first-order valence-corrected chi connectivity index (χ1v) is 7.08. The van der Waals surface area contributed by atoms with E-state index in [9.17, 15) is 4.79 Å². The van der Waals surface area contributed by atoms with Gasteiger partial charge in [0.25, 0.3) is 0 Å². The summed E-state index contributed by atoms with van der Waals surface area (Å²) < 4.78 is 0. The van der Waals surface area contributed by atoms with Crippen LogP contribution in [0.5, 0.6) is 0 Å². The van der Waals surface area contributed by atoms with E-state index in [1.807, 2.05) is 35.7 Å². The van der Waals surface area contributed by atoms with Gasteiger partial charge in [-0.3, -0.25) is 10.1 Å². The minimum atomic E-state index is -0.268. The summed E-state index contributed by atoms with van der Waals surface area (Å²) in [6, 6.07) is 13.8. The van der Waals surface area contributed by atoms with Crippen LogP contribution in [0.2, 0.25) is 0 Å². The average Bonchev–Trinajstić information content (AvgIpc) is 2.94. The summed E-state index contributed by atoms with van der Waals surface area (Å²) >= 11 is 1.60. The number of carbonyl (C=O) groups excluding carboxylic acids is 1. The van der Waals surface area contributed by atoms with Gasteiger partial charge in [-0.1, -0.05) is 36.4 Å². The molecule has 1 unspecified atom stereocenters. The van der Waals surface area contributed by atoms with Gasteiger partial charge in [0.15, 0.2) is 0 Å². The molecule has 0 aliphatic rings. The zero-order chi connectivity index (χ0) is 13.7. The molecule has 0 aliphatic carbocycles. The minimum Gasteiger partial charge on any atom is -0.347 e. The van der Waals surface area contributed by atoms with Crippen LogP contribution >= 0.6 is 11.3 Å². The molecule has 4 heteroatoms. The van der Waals surface area contributed by atoms with Crippen molar-refractivity contribution < 1.29 is 4.79 Å². The standard InChI is InChI=1S/C15H18N2OS/c1-17(2)15(18)14(13-9-6-10-19-13)16-11-12-7-4-3-5-8-12/h3-10,14,16H,11H2,1-2H3. The number of benzene rings is 1. The Hall–Kier alpha value is -1.65. The van der Waals surface area contributed by atoms with Crippen LogP contribution in [-0.2, 0) is 11.3 Å². The van der Waals surface area contributed by atoms with Gasteiger partial charge in [0.2, 0.25) is 5.91 Å². The molecule has 2 aromatic rings. The van der Waals surface area contributed by atoms with Crippen molar-refractivity contribution in [2.75, 3.05) is 14.1 Å². The van der Waals surface area contributed by atoms with E-state index >= 15 is 0 Å². The Morgan fingerprint density at radius 3 is 2.53 bits per heavy atom. The number of amides is 1. The molecule has 100 valence electrons. The second kappa shape index (κ2) is 6.50. The molecule has 0 saturated heterocycles. The van der Waals surface area contributed by atoms with Crippen LogP contribution < -0.4 is 5.32 Å². The number of nitrogens with zero attached hydrogens (tertiary/aromatic N) is 1. The van der Waals surface area contributed by atoms with Gasteiger partial charge in [-0.15, -0.1) is 11.3 Å². The molecule has 1 aromatic heterocycles. The quantitative estimate of drug-likeness (QED) is 0.909. The summed E-state index contributed by atoms with van der Waals surface area (Å²) in [4.78, 5) is 14.9. The molecule has 0 spiro atoms. The van der Waals surface area contributed by atoms with E-state index in [0.717, 1.165) is 4.88 Å². The zero-order valence-corrected chi connectivity index (χ0v) is 12.0. The van der Waals surface area contributed by atoms with Gasteiger partial charge < -0.3 is 4.90 Å². The predicted octanol–water partition coefficient (Wildman–Crippen LogP) is 2.67. The highest BCUT2D eigenvalue weighted by atomic mass is 32.1. The Labute approximate surface area is 117 Å². The SMILES string of the molecule is CN(C)C(=O)C(NCc1ccccc1)c1cccs1. The molecule has 2 rings (SSSR count). The summed E-state index contributed by atoms with van der Waals surface area (Å²) in [5.41, 5.74) is 1.18. The van der Waals surface area contributed by atoms with Crippen molar-refractivity contribution >= 4 is 17.2 Å². The van der Waals surface area contributed by atoms with Gasteiger partial charge in [0, 0.05) is 25.5 Å². The molecule has 0 saturated carbocycles. The number of carbonyl (C=O) groups is 1. The van der Waals surface area contributed by atoms with Crippen molar-refractivity contribution in [2.45, 2.75) is 12.6 Å². The third kappa shape index (κ3) is 3.66. The van der Waals surface area contributed by atoms with Gasteiger partial charge in [0.1, 0.15) is 6.04 Å². The van der Waals surface area contributed by atoms with Gasteiger partial charge in [-0.25, -0.2) is 0 Å². The van der Waals surface area contributed by atoms with E-state index in [1.165, 1.54) is 5.56 Å². The minimum absolute atomic E-state index is 0.0818. The molecule has 0 aliphatic heterocycles. The highest BCUT2D eigenvalue weighted by molar-refractivity contribution is 7.10. The average molecular weight is 274 g/mol. The third-order valence-corrected chi connectivity index (χ3v) is 3.81. The van der Waals surface area contributed by atoms with E-state index in [-0.39, 0.29) is 11.9 Å². The highest BCUT2D eigenvalue weighted by Gasteiger charge is 2.22. The van der Waals surface area contributed by atoms with Crippen LogP contribution in [0.3, 0.4) is 0 Å². The Balaban J connectivity index is 2.09. The lowest BCUT2D eigenvalue weighted by molar-refractivity contribution is -0.131. The fourth-order valence-corrected chi connectivity index (χ4v) is 2.63. The van der Waals surface area contributed by atoms with Gasteiger partial charge in [-0.2, -0.15) is 0 Å². The molecule has 3 nitrogen and oxygen atoms in total. The summed E-state index contributed by atoms with van der Waals surface area (Å²) in [7, 11) is 3.57. The molecular formula is C15H18N2OS. The lowest BCUT2D eigenvalue weighted by Crippen LogP contribution is -2.36. The van der Waals surface area contributed by atoms with Crippen LogP contribution in [0.1, 0.15) is 16.5 Å².